The molecule has 2 aliphatic rings. The van der Waals surface area contributed by atoms with Crippen molar-refractivity contribution in [3.63, 3.8) is 0 Å². The summed E-state index contributed by atoms with van der Waals surface area (Å²) in [5, 5.41) is 1.88. The molecule has 3 rings (SSSR count). The van der Waals surface area contributed by atoms with Crippen LogP contribution in [0.15, 0.2) is 36.1 Å². The van der Waals surface area contributed by atoms with Crippen LogP contribution in [0.3, 0.4) is 0 Å². The summed E-state index contributed by atoms with van der Waals surface area (Å²) in [5.74, 6) is -1.48. The van der Waals surface area contributed by atoms with Gasteiger partial charge in [0.2, 0.25) is 5.91 Å². The van der Waals surface area contributed by atoms with E-state index < -0.39 is 40.3 Å². The molecule has 3 atom stereocenters. The zero-order valence-electron chi connectivity index (χ0n) is 16.2. The quantitative estimate of drug-likeness (QED) is 0.210. The van der Waals surface area contributed by atoms with E-state index in [4.69, 9.17) is 10.5 Å². The summed E-state index contributed by atoms with van der Waals surface area (Å²) >= 11 is -2.35. The maximum atomic E-state index is 13.1. The number of esters is 1. The van der Waals surface area contributed by atoms with Gasteiger partial charge in [0.25, 0.3) is 5.91 Å². The van der Waals surface area contributed by atoms with Crippen molar-refractivity contribution in [2.24, 2.45) is 5.73 Å². The third-order valence-corrected chi connectivity index (χ3v) is 5.35. The van der Waals surface area contributed by atoms with Crippen molar-refractivity contribution < 1.29 is 27.9 Å². The van der Waals surface area contributed by atoms with Crippen molar-refractivity contribution in [1.29, 1.82) is 0 Å². The molecule has 0 bridgehead atoms. The predicted molar refractivity (Wildman–Crippen MR) is 107 cm³/mol. The molecule has 29 heavy (non-hydrogen) atoms. The number of amides is 2. The van der Waals surface area contributed by atoms with Gasteiger partial charge < -0.3 is 25.2 Å². The van der Waals surface area contributed by atoms with Gasteiger partial charge in [-0.25, -0.2) is 4.21 Å². The van der Waals surface area contributed by atoms with E-state index >= 15 is 0 Å². The van der Waals surface area contributed by atoms with Gasteiger partial charge >= 0.3 is 5.97 Å². The molecule has 2 heterocycles. The van der Waals surface area contributed by atoms with Gasteiger partial charge in [-0.2, -0.15) is 0 Å². The topological polar surface area (TPSA) is 139 Å². The number of carbonyl (C=O) groups excluding carboxylic acids is 3. The van der Waals surface area contributed by atoms with Gasteiger partial charge in [0.15, 0.2) is 16.8 Å². The molecule has 4 N–H and O–H groups in total. The Labute approximate surface area is 191 Å². The molecular formula is C18H19N3NaO6S. The summed E-state index contributed by atoms with van der Waals surface area (Å²) in [4.78, 5) is 36.9. The fraction of sp³-hybridized carbons (Fsp3) is 0.278. The molecule has 149 valence electrons. The fourth-order valence-electron chi connectivity index (χ4n) is 3.28. The van der Waals surface area contributed by atoms with Gasteiger partial charge in [0, 0.05) is 48.8 Å². The summed E-state index contributed by atoms with van der Waals surface area (Å²) in [6, 6.07) is 2.52. The molecule has 2 aliphatic heterocycles. The molecule has 1 radical (unpaired) electrons. The first kappa shape index (κ1) is 23.3. The Bertz CT molecular complexity index is 961. The maximum Gasteiger partial charge on any atom is 0.308 e. The van der Waals surface area contributed by atoms with Crippen LogP contribution in [0.5, 0.6) is 5.75 Å². The standard InChI is InChI=1S/C18H19N3O6S.Na/c1-9-3-5-12-15(16(9)27-10(2)22)20-17(28(25)26)13-7-11(4-6-14(19)23)8-21(13)18(12)24;/h3-6,8,13,17,20H,7H2,1-2H3,(H2,19,23)(H,25,26);. The summed E-state index contributed by atoms with van der Waals surface area (Å²) in [6.45, 7) is 2.94. The average Bonchev–Trinajstić information content (AvgIpc) is 2.98. The van der Waals surface area contributed by atoms with E-state index in [2.05, 4.69) is 5.32 Å². The normalized spacial score (nSPS) is 21.3. The molecule has 9 nitrogen and oxygen atoms in total. The number of nitrogens with one attached hydrogen (secondary N) is 1. The monoisotopic (exact) mass is 428 g/mol. The first-order chi connectivity index (χ1) is 13.2. The number of primary amides is 1. The van der Waals surface area contributed by atoms with Crippen LogP contribution < -0.4 is 15.8 Å². The number of benzene rings is 1. The van der Waals surface area contributed by atoms with Crippen LogP contribution in [-0.4, -0.2) is 72.4 Å². The molecule has 2 amide bonds. The van der Waals surface area contributed by atoms with Crippen LogP contribution in [0, 0.1) is 6.92 Å². The van der Waals surface area contributed by atoms with Gasteiger partial charge in [-0.1, -0.05) is 12.1 Å². The minimum absolute atomic E-state index is 0. The Balaban J connectivity index is 0.00000300. The van der Waals surface area contributed by atoms with Crippen LogP contribution >= 0.6 is 0 Å². The van der Waals surface area contributed by atoms with Crippen LogP contribution in [0.25, 0.3) is 0 Å². The van der Waals surface area contributed by atoms with Crippen molar-refractivity contribution in [2.45, 2.75) is 31.7 Å². The number of anilines is 1. The number of aryl methyl sites for hydroxylation is 1. The van der Waals surface area contributed by atoms with E-state index in [0.717, 1.165) is 6.08 Å². The Morgan fingerprint density at radius 3 is 2.69 bits per heavy atom. The molecule has 3 unspecified atom stereocenters. The second-order valence-electron chi connectivity index (χ2n) is 6.49. The Hall–Kier alpha value is -1.98. The second kappa shape index (κ2) is 9.23. The minimum atomic E-state index is -2.35. The van der Waals surface area contributed by atoms with Crippen LogP contribution in [0.1, 0.15) is 29.3 Å². The molecule has 0 saturated carbocycles. The smallest absolute Gasteiger partial charge is 0.308 e. The van der Waals surface area contributed by atoms with Crippen LogP contribution in [0.2, 0.25) is 0 Å². The molecule has 0 saturated heterocycles. The largest absolute Gasteiger partial charge is 0.424 e. The number of fused-ring (bicyclic) bond motifs is 2. The van der Waals surface area contributed by atoms with Crippen molar-refractivity contribution in [1.82, 2.24) is 4.90 Å². The van der Waals surface area contributed by atoms with E-state index in [0.29, 0.717) is 11.1 Å². The first-order valence-corrected chi connectivity index (χ1v) is 9.55. The molecule has 11 heteroatoms. The summed E-state index contributed by atoms with van der Waals surface area (Å²) < 4.78 is 27.2. The third kappa shape index (κ3) is 4.78. The number of carbonyl (C=O) groups is 3. The molecule has 0 aliphatic carbocycles. The third-order valence-electron chi connectivity index (χ3n) is 4.49. The van der Waals surface area contributed by atoms with E-state index in [1.165, 1.54) is 24.1 Å². The van der Waals surface area contributed by atoms with Crippen molar-refractivity contribution >= 4 is 64.1 Å². The predicted octanol–water partition coefficient (Wildman–Crippen LogP) is 0.653. The number of nitrogens with two attached hydrogens (primary N) is 1. The van der Waals surface area contributed by atoms with E-state index in [1.54, 1.807) is 19.1 Å². The number of rotatable bonds is 4. The maximum absolute atomic E-state index is 13.1. The molecule has 0 spiro atoms. The van der Waals surface area contributed by atoms with Crippen molar-refractivity contribution in [3.05, 3.63) is 47.2 Å². The molecular weight excluding hydrogens is 409 g/mol. The number of allylic oxidation sites excluding steroid dienone is 1. The Morgan fingerprint density at radius 1 is 1.41 bits per heavy atom. The molecule has 0 aromatic heterocycles. The zero-order chi connectivity index (χ0) is 20.6. The minimum Gasteiger partial charge on any atom is -0.424 e. The van der Waals surface area contributed by atoms with Gasteiger partial charge in [0.05, 0.1) is 17.3 Å². The second-order valence-corrected chi connectivity index (χ2v) is 7.55. The van der Waals surface area contributed by atoms with Gasteiger partial charge in [0.1, 0.15) is 5.37 Å². The summed E-state index contributed by atoms with van der Waals surface area (Å²) in [6.07, 6.45) is 4.41. The van der Waals surface area contributed by atoms with E-state index in [1.807, 2.05) is 0 Å². The Kier molecular flexibility index (Phi) is 7.41. The van der Waals surface area contributed by atoms with E-state index in [9.17, 15) is 23.1 Å². The zero-order valence-corrected chi connectivity index (χ0v) is 19.0. The number of hydrogen-bond donors (Lipinski definition) is 3. The van der Waals surface area contributed by atoms with Crippen LogP contribution in [-0.2, 0) is 20.7 Å². The number of ether oxygens (including phenoxy) is 1. The summed E-state index contributed by atoms with van der Waals surface area (Å²) in [5.41, 5.74) is 6.72. The van der Waals surface area contributed by atoms with Crippen molar-refractivity contribution in [3.8, 4) is 5.75 Å². The van der Waals surface area contributed by atoms with Gasteiger partial charge in [-0.05, 0) is 30.5 Å². The molecule has 0 fully saturated rings. The summed E-state index contributed by atoms with van der Waals surface area (Å²) in [7, 11) is 0. The average molecular weight is 428 g/mol. The number of nitrogens with zero attached hydrogens (tertiary/aromatic N) is 1. The molecule has 1 aromatic rings. The first-order valence-electron chi connectivity index (χ1n) is 8.38. The Morgan fingerprint density at radius 2 is 2.10 bits per heavy atom. The van der Waals surface area contributed by atoms with Gasteiger partial charge in [-0.15, -0.1) is 0 Å². The van der Waals surface area contributed by atoms with E-state index in [-0.39, 0.29) is 53.0 Å². The number of hydrogen-bond acceptors (Lipinski definition) is 6. The van der Waals surface area contributed by atoms with Crippen LogP contribution in [0.4, 0.5) is 5.69 Å². The fourth-order valence-corrected chi connectivity index (χ4v) is 3.99. The SMILES string of the molecule is CC(=O)Oc1c(C)ccc2c1NC(S(=O)O)C1CC(C=CC(N)=O)=CN1C2=O.[Na]. The molecule has 1 aromatic carbocycles. The van der Waals surface area contributed by atoms with Crippen molar-refractivity contribution in [2.75, 3.05) is 5.32 Å². The van der Waals surface area contributed by atoms with Gasteiger partial charge in [-0.3, -0.25) is 14.4 Å².